The summed E-state index contributed by atoms with van der Waals surface area (Å²) in [6.07, 6.45) is 2.55. The number of aromatic nitrogens is 3. The lowest BCUT2D eigenvalue weighted by Gasteiger charge is -2.08. The Balaban J connectivity index is 2.25. The van der Waals surface area contributed by atoms with Crippen molar-refractivity contribution >= 4 is 23.2 Å². The van der Waals surface area contributed by atoms with Crippen LogP contribution in [-0.2, 0) is 6.54 Å². The van der Waals surface area contributed by atoms with Gasteiger partial charge in [0.25, 0.3) is 11.6 Å². The maximum Gasteiger partial charge on any atom is 0.288 e. The van der Waals surface area contributed by atoms with E-state index < -0.39 is 10.8 Å². The van der Waals surface area contributed by atoms with Crippen molar-refractivity contribution in [2.45, 2.75) is 6.54 Å². The number of H-pyrrole nitrogens is 1. The monoisotopic (exact) mass is 277 g/mol. The van der Waals surface area contributed by atoms with Crippen molar-refractivity contribution in [3.63, 3.8) is 0 Å². The second kappa shape index (κ2) is 5.22. The van der Waals surface area contributed by atoms with Crippen LogP contribution in [0.5, 0.6) is 0 Å². The molecular formula is C10H11N7O3. The molecule has 0 atom stereocenters. The van der Waals surface area contributed by atoms with Crippen LogP contribution >= 0.6 is 0 Å². The van der Waals surface area contributed by atoms with Gasteiger partial charge in [-0.2, -0.15) is 5.10 Å². The molecule has 0 radical (unpaired) electrons. The summed E-state index contributed by atoms with van der Waals surface area (Å²) in [5.41, 5.74) is 11.1. The van der Waals surface area contributed by atoms with E-state index in [1.165, 1.54) is 6.20 Å². The molecule has 10 nitrogen and oxygen atoms in total. The zero-order valence-electron chi connectivity index (χ0n) is 10.2. The van der Waals surface area contributed by atoms with Crippen LogP contribution in [0.2, 0.25) is 0 Å². The summed E-state index contributed by atoms with van der Waals surface area (Å²) in [6, 6.07) is 1.07. The number of aromatic amines is 1. The van der Waals surface area contributed by atoms with Gasteiger partial charge < -0.3 is 16.8 Å². The van der Waals surface area contributed by atoms with Crippen LogP contribution in [0.1, 0.15) is 15.9 Å². The van der Waals surface area contributed by atoms with Gasteiger partial charge in [0.1, 0.15) is 17.8 Å². The van der Waals surface area contributed by atoms with E-state index in [9.17, 15) is 14.9 Å². The Morgan fingerprint density at radius 1 is 1.50 bits per heavy atom. The van der Waals surface area contributed by atoms with Gasteiger partial charge in [0, 0.05) is 18.2 Å². The Labute approximate surface area is 112 Å². The van der Waals surface area contributed by atoms with Gasteiger partial charge in [-0.3, -0.25) is 20.0 Å². The predicted octanol–water partition coefficient (Wildman–Crippen LogP) is 0.00610. The molecule has 10 heteroatoms. The van der Waals surface area contributed by atoms with Crippen LogP contribution in [0.4, 0.5) is 17.3 Å². The number of anilines is 2. The second-order valence-corrected chi connectivity index (χ2v) is 3.87. The van der Waals surface area contributed by atoms with E-state index in [1.54, 1.807) is 0 Å². The molecule has 104 valence electrons. The fraction of sp³-hybridized carbons (Fsp3) is 0.100. The number of hydrogen-bond donors (Lipinski definition) is 4. The minimum absolute atomic E-state index is 0.0683. The molecule has 0 bridgehead atoms. The van der Waals surface area contributed by atoms with Crippen LogP contribution in [-0.4, -0.2) is 26.0 Å². The summed E-state index contributed by atoms with van der Waals surface area (Å²) in [5, 5.41) is 19.8. The van der Waals surface area contributed by atoms with Gasteiger partial charge in [0.05, 0.1) is 16.7 Å². The summed E-state index contributed by atoms with van der Waals surface area (Å²) < 4.78 is 0. The van der Waals surface area contributed by atoms with E-state index in [0.29, 0.717) is 11.4 Å². The van der Waals surface area contributed by atoms with Crippen LogP contribution < -0.4 is 16.8 Å². The highest BCUT2D eigenvalue weighted by molar-refractivity contribution is 5.98. The number of nitrogen functional groups attached to an aromatic ring is 1. The Morgan fingerprint density at radius 2 is 2.25 bits per heavy atom. The number of pyridine rings is 1. The molecule has 0 unspecified atom stereocenters. The molecular weight excluding hydrogens is 266 g/mol. The predicted molar refractivity (Wildman–Crippen MR) is 69.7 cm³/mol. The van der Waals surface area contributed by atoms with Gasteiger partial charge in [-0.05, 0) is 0 Å². The highest BCUT2D eigenvalue weighted by Crippen LogP contribution is 2.19. The van der Waals surface area contributed by atoms with Gasteiger partial charge >= 0.3 is 0 Å². The summed E-state index contributed by atoms with van der Waals surface area (Å²) in [7, 11) is 0. The quantitative estimate of drug-likeness (QED) is 0.441. The van der Waals surface area contributed by atoms with Crippen molar-refractivity contribution in [1.29, 1.82) is 0 Å². The van der Waals surface area contributed by atoms with Gasteiger partial charge in [-0.15, -0.1) is 0 Å². The highest BCUT2D eigenvalue weighted by atomic mass is 16.6. The molecule has 0 saturated heterocycles. The van der Waals surface area contributed by atoms with Crippen LogP contribution in [0.25, 0.3) is 0 Å². The van der Waals surface area contributed by atoms with Crippen molar-refractivity contribution in [1.82, 2.24) is 15.2 Å². The molecule has 0 aliphatic rings. The largest absolute Gasteiger partial charge is 0.384 e. The number of carbonyl (C=O) groups excluding carboxylic acids is 1. The number of nitrogens with zero attached hydrogens (tertiary/aromatic N) is 3. The van der Waals surface area contributed by atoms with E-state index in [1.807, 2.05) is 0 Å². The Hall–Kier alpha value is -3.17. The Kier molecular flexibility index (Phi) is 3.46. The molecule has 0 spiro atoms. The van der Waals surface area contributed by atoms with Crippen LogP contribution in [0.3, 0.4) is 0 Å². The van der Waals surface area contributed by atoms with Gasteiger partial charge in [-0.1, -0.05) is 0 Å². The van der Waals surface area contributed by atoms with Gasteiger partial charge in [0.2, 0.25) is 0 Å². The Morgan fingerprint density at radius 3 is 2.80 bits per heavy atom. The second-order valence-electron chi connectivity index (χ2n) is 3.87. The molecule has 0 saturated carbocycles. The molecule has 2 heterocycles. The first-order chi connectivity index (χ1) is 9.49. The average Bonchev–Trinajstić information content (AvgIpc) is 2.81. The number of carbonyl (C=O) groups is 1. The lowest BCUT2D eigenvalue weighted by Crippen LogP contribution is -2.16. The van der Waals surface area contributed by atoms with Crippen molar-refractivity contribution < 1.29 is 9.72 Å². The molecule has 0 aliphatic heterocycles. The third-order valence-electron chi connectivity index (χ3n) is 2.55. The maximum absolute atomic E-state index is 11.3. The normalized spacial score (nSPS) is 10.2. The smallest absolute Gasteiger partial charge is 0.288 e. The third-order valence-corrected chi connectivity index (χ3v) is 2.55. The van der Waals surface area contributed by atoms with E-state index >= 15 is 0 Å². The van der Waals surface area contributed by atoms with E-state index in [0.717, 1.165) is 12.3 Å². The van der Waals surface area contributed by atoms with E-state index in [4.69, 9.17) is 11.5 Å². The molecule has 1 amide bonds. The number of primary amides is 1. The topological polar surface area (TPSA) is 166 Å². The van der Waals surface area contributed by atoms with E-state index in [2.05, 4.69) is 20.5 Å². The number of nitro groups is 1. The fourth-order valence-corrected chi connectivity index (χ4v) is 1.52. The lowest BCUT2D eigenvalue weighted by molar-refractivity contribution is -0.385. The lowest BCUT2D eigenvalue weighted by atomic mass is 10.2. The fourth-order valence-electron chi connectivity index (χ4n) is 1.52. The summed E-state index contributed by atoms with van der Waals surface area (Å²) >= 11 is 0. The molecule has 2 aromatic heterocycles. The number of nitrogens with one attached hydrogen (secondary N) is 2. The first-order valence-electron chi connectivity index (χ1n) is 5.45. The third kappa shape index (κ3) is 2.63. The number of nitrogens with two attached hydrogens (primary N) is 2. The Bertz CT molecular complexity index is 667. The first kappa shape index (κ1) is 13.3. The molecule has 6 N–H and O–H groups in total. The number of rotatable bonds is 5. The molecule has 0 aliphatic carbocycles. The number of amides is 1. The standard InChI is InChI=1S/C10H11N7O3/c11-8-5(3-15-16-8)2-13-10-7(9(12)18)1-6(4-14-10)17(19)20/h1,3-4H,2H2,(H2,12,18)(H,13,14)(H3,11,15,16). The first-order valence-corrected chi connectivity index (χ1v) is 5.45. The van der Waals surface area contributed by atoms with Gasteiger partial charge in [0.15, 0.2) is 0 Å². The average molecular weight is 277 g/mol. The summed E-state index contributed by atoms with van der Waals surface area (Å²) in [6.45, 7) is 0.243. The van der Waals surface area contributed by atoms with Crippen molar-refractivity contribution in [2.24, 2.45) is 5.73 Å². The summed E-state index contributed by atoms with van der Waals surface area (Å²) in [4.78, 5) is 25.1. The molecule has 2 aromatic rings. The molecule has 20 heavy (non-hydrogen) atoms. The van der Waals surface area contributed by atoms with Crippen molar-refractivity contribution in [3.8, 4) is 0 Å². The summed E-state index contributed by atoms with van der Waals surface area (Å²) in [5.74, 6) is -0.299. The molecule has 2 rings (SSSR count). The van der Waals surface area contributed by atoms with Crippen molar-refractivity contribution in [3.05, 3.63) is 39.7 Å². The van der Waals surface area contributed by atoms with Gasteiger partial charge in [-0.25, -0.2) is 4.98 Å². The SMILES string of the molecule is NC(=O)c1cc([N+](=O)[O-])cnc1NCc1cn[nH]c1N. The van der Waals surface area contributed by atoms with Crippen molar-refractivity contribution in [2.75, 3.05) is 11.1 Å². The van der Waals surface area contributed by atoms with E-state index in [-0.39, 0.29) is 23.6 Å². The zero-order chi connectivity index (χ0) is 14.7. The zero-order valence-corrected chi connectivity index (χ0v) is 10.2. The maximum atomic E-state index is 11.3. The molecule has 0 fully saturated rings. The van der Waals surface area contributed by atoms with Crippen LogP contribution in [0.15, 0.2) is 18.5 Å². The minimum Gasteiger partial charge on any atom is -0.384 e. The number of hydrogen-bond acceptors (Lipinski definition) is 7. The molecule has 0 aromatic carbocycles. The van der Waals surface area contributed by atoms with Crippen LogP contribution in [0, 0.1) is 10.1 Å². The minimum atomic E-state index is -0.816. The highest BCUT2D eigenvalue weighted by Gasteiger charge is 2.16.